The lowest BCUT2D eigenvalue weighted by Crippen LogP contribution is -2.39. The quantitative estimate of drug-likeness (QED) is 0.874. The van der Waals surface area contributed by atoms with Crippen molar-refractivity contribution >= 4 is 27.4 Å². The second-order valence-corrected chi connectivity index (χ2v) is 4.83. The Labute approximate surface area is 109 Å². The van der Waals surface area contributed by atoms with Crippen LogP contribution in [0.3, 0.4) is 0 Å². The Morgan fingerprint density at radius 3 is 2.94 bits per heavy atom. The van der Waals surface area contributed by atoms with Gasteiger partial charge in [-0.15, -0.1) is 0 Å². The molecule has 1 aromatic rings. The average Bonchev–Trinajstić information content (AvgIpc) is 2.33. The Bertz CT molecular complexity index is 368. The van der Waals surface area contributed by atoms with Crippen molar-refractivity contribution < 1.29 is 4.74 Å². The number of hydrogen-bond donors (Lipinski definition) is 2. The summed E-state index contributed by atoms with van der Waals surface area (Å²) in [7, 11) is 0. The number of rotatable bonds is 4. The molecule has 1 aliphatic heterocycles. The summed E-state index contributed by atoms with van der Waals surface area (Å²) >= 11 is 3.43. The van der Waals surface area contributed by atoms with Crippen molar-refractivity contribution in [2.45, 2.75) is 0 Å². The van der Waals surface area contributed by atoms with Crippen LogP contribution in [0.1, 0.15) is 0 Å². The third-order valence-corrected chi connectivity index (χ3v) is 3.29. The zero-order valence-corrected chi connectivity index (χ0v) is 11.2. The van der Waals surface area contributed by atoms with E-state index >= 15 is 0 Å². The molecule has 0 aromatic carbocycles. The summed E-state index contributed by atoms with van der Waals surface area (Å²) < 4.78 is 6.20. The van der Waals surface area contributed by atoms with E-state index in [1.54, 1.807) is 6.20 Å². The fraction of sp³-hybridized carbons (Fsp3) is 0.545. The average molecular weight is 301 g/mol. The van der Waals surface area contributed by atoms with Gasteiger partial charge in [0, 0.05) is 26.2 Å². The van der Waals surface area contributed by atoms with E-state index in [1.165, 1.54) is 0 Å². The van der Waals surface area contributed by atoms with Crippen LogP contribution in [0.15, 0.2) is 16.7 Å². The summed E-state index contributed by atoms with van der Waals surface area (Å²) in [4.78, 5) is 6.61. The molecule has 5 nitrogen and oxygen atoms in total. The predicted octanol–water partition coefficient (Wildman–Crippen LogP) is 1.17. The number of anilines is 2. The van der Waals surface area contributed by atoms with Crippen molar-refractivity contribution in [1.82, 2.24) is 9.88 Å². The number of morpholine rings is 1. The van der Waals surface area contributed by atoms with Crippen LogP contribution in [0.25, 0.3) is 0 Å². The number of hydrogen-bond acceptors (Lipinski definition) is 5. The van der Waals surface area contributed by atoms with E-state index in [0.717, 1.165) is 49.7 Å². The van der Waals surface area contributed by atoms with Crippen molar-refractivity contribution in [1.29, 1.82) is 0 Å². The van der Waals surface area contributed by atoms with E-state index in [1.807, 2.05) is 6.07 Å². The van der Waals surface area contributed by atoms with Gasteiger partial charge >= 0.3 is 0 Å². The van der Waals surface area contributed by atoms with Crippen LogP contribution in [0.4, 0.5) is 11.5 Å². The number of nitrogen functional groups attached to an aromatic ring is 1. The second-order valence-electron chi connectivity index (χ2n) is 3.98. The molecule has 1 saturated heterocycles. The van der Waals surface area contributed by atoms with E-state index in [9.17, 15) is 0 Å². The standard InChI is InChI=1S/C11H17BrN4O/c12-10-7-9(13)8-15-11(10)14-1-2-16-3-5-17-6-4-16/h7-8H,1-6,13H2,(H,14,15). The molecular formula is C11H17BrN4O. The maximum absolute atomic E-state index is 5.63. The lowest BCUT2D eigenvalue weighted by molar-refractivity contribution is 0.0398. The molecule has 0 aliphatic carbocycles. The molecular weight excluding hydrogens is 284 g/mol. The number of aromatic nitrogens is 1. The number of nitrogens with two attached hydrogens (primary N) is 1. The fourth-order valence-corrected chi connectivity index (χ4v) is 2.25. The maximum atomic E-state index is 5.63. The molecule has 1 aliphatic rings. The van der Waals surface area contributed by atoms with Gasteiger partial charge in [0.25, 0.3) is 0 Å². The third-order valence-electron chi connectivity index (χ3n) is 2.69. The molecule has 94 valence electrons. The Morgan fingerprint density at radius 1 is 1.47 bits per heavy atom. The highest BCUT2D eigenvalue weighted by Crippen LogP contribution is 2.21. The zero-order chi connectivity index (χ0) is 12.1. The van der Waals surface area contributed by atoms with Crippen LogP contribution in [0, 0.1) is 0 Å². The summed E-state index contributed by atoms with van der Waals surface area (Å²) in [6.07, 6.45) is 1.65. The molecule has 2 heterocycles. The number of pyridine rings is 1. The summed E-state index contributed by atoms with van der Waals surface area (Å²) in [6, 6.07) is 1.85. The van der Waals surface area contributed by atoms with Crippen molar-refractivity contribution in [3.05, 3.63) is 16.7 Å². The molecule has 2 rings (SSSR count). The first-order chi connectivity index (χ1) is 8.25. The number of nitrogens with zero attached hydrogens (tertiary/aromatic N) is 2. The summed E-state index contributed by atoms with van der Waals surface area (Å²) in [5, 5.41) is 3.29. The highest BCUT2D eigenvalue weighted by molar-refractivity contribution is 9.10. The highest BCUT2D eigenvalue weighted by Gasteiger charge is 2.09. The minimum atomic E-state index is 0.663. The SMILES string of the molecule is Nc1cnc(NCCN2CCOCC2)c(Br)c1. The van der Waals surface area contributed by atoms with Crippen LogP contribution in [-0.4, -0.2) is 49.3 Å². The van der Waals surface area contributed by atoms with Crippen molar-refractivity contribution in [3.63, 3.8) is 0 Å². The van der Waals surface area contributed by atoms with Crippen molar-refractivity contribution in [2.75, 3.05) is 50.4 Å². The summed E-state index contributed by atoms with van der Waals surface area (Å²) in [6.45, 7) is 5.57. The lowest BCUT2D eigenvalue weighted by atomic mass is 10.4. The van der Waals surface area contributed by atoms with Gasteiger partial charge in [-0.1, -0.05) is 0 Å². The molecule has 6 heteroatoms. The molecule has 0 radical (unpaired) electrons. The van der Waals surface area contributed by atoms with Crippen molar-refractivity contribution in [2.24, 2.45) is 0 Å². The van der Waals surface area contributed by atoms with Gasteiger partial charge in [0.2, 0.25) is 0 Å². The monoisotopic (exact) mass is 300 g/mol. The largest absolute Gasteiger partial charge is 0.397 e. The third kappa shape index (κ3) is 3.83. The molecule has 0 amide bonds. The molecule has 0 atom stereocenters. The van der Waals surface area contributed by atoms with Crippen LogP contribution < -0.4 is 11.1 Å². The number of nitrogens with one attached hydrogen (secondary N) is 1. The predicted molar refractivity (Wildman–Crippen MR) is 72.1 cm³/mol. The second kappa shape index (κ2) is 6.18. The molecule has 0 spiro atoms. The van der Waals surface area contributed by atoms with Gasteiger partial charge in [0.05, 0.1) is 29.6 Å². The molecule has 1 aromatic heterocycles. The Hall–Kier alpha value is -0.850. The van der Waals surface area contributed by atoms with Gasteiger partial charge in [-0.2, -0.15) is 0 Å². The normalized spacial score (nSPS) is 17.0. The molecule has 0 saturated carbocycles. The fourth-order valence-electron chi connectivity index (χ4n) is 1.74. The van der Waals surface area contributed by atoms with Gasteiger partial charge in [0.15, 0.2) is 0 Å². The van der Waals surface area contributed by atoms with Crippen LogP contribution in [0.2, 0.25) is 0 Å². The van der Waals surface area contributed by atoms with E-state index in [2.05, 4.69) is 31.1 Å². The number of ether oxygens (including phenoxy) is 1. The van der Waals surface area contributed by atoms with Crippen LogP contribution in [0.5, 0.6) is 0 Å². The Kier molecular flexibility index (Phi) is 4.58. The lowest BCUT2D eigenvalue weighted by Gasteiger charge is -2.26. The zero-order valence-electron chi connectivity index (χ0n) is 9.66. The number of halogens is 1. The first-order valence-electron chi connectivity index (χ1n) is 5.71. The van der Waals surface area contributed by atoms with E-state index in [4.69, 9.17) is 10.5 Å². The summed E-state index contributed by atoms with van der Waals surface area (Å²) in [5.74, 6) is 0.840. The van der Waals surface area contributed by atoms with Crippen LogP contribution in [-0.2, 0) is 4.74 Å². The molecule has 1 fully saturated rings. The molecule has 0 unspecified atom stereocenters. The van der Waals surface area contributed by atoms with E-state index < -0.39 is 0 Å². The topological polar surface area (TPSA) is 63.4 Å². The van der Waals surface area contributed by atoms with Gasteiger partial charge in [-0.25, -0.2) is 4.98 Å². The van der Waals surface area contributed by atoms with Crippen LogP contribution >= 0.6 is 15.9 Å². The van der Waals surface area contributed by atoms with Gasteiger partial charge < -0.3 is 15.8 Å². The maximum Gasteiger partial charge on any atom is 0.140 e. The Morgan fingerprint density at radius 2 is 2.24 bits per heavy atom. The first-order valence-corrected chi connectivity index (χ1v) is 6.50. The van der Waals surface area contributed by atoms with Crippen molar-refractivity contribution in [3.8, 4) is 0 Å². The van der Waals surface area contributed by atoms with E-state index in [-0.39, 0.29) is 0 Å². The summed E-state index contributed by atoms with van der Waals surface area (Å²) in [5.41, 5.74) is 6.29. The first kappa shape index (κ1) is 12.6. The Balaban J connectivity index is 1.77. The molecule has 0 bridgehead atoms. The highest BCUT2D eigenvalue weighted by atomic mass is 79.9. The molecule has 17 heavy (non-hydrogen) atoms. The van der Waals surface area contributed by atoms with Gasteiger partial charge in [0.1, 0.15) is 5.82 Å². The smallest absolute Gasteiger partial charge is 0.140 e. The van der Waals surface area contributed by atoms with E-state index in [0.29, 0.717) is 5.69 Å². The van der Waals surface area contributed by atoms with Gasteiger partial charge in [-0.3, -0.25) is 4.90 Å². The minimum absolute atomic E-state index is 0.663. The minimum Gasteiger partial charge on any atom is -0.397 e. The van der Waals surface area contributed by atoms with Gasteiger partial charge in [-0.05, 0) is 22.0 Å². The molecule has 3 N–H and O–H groups in total.